The number of aromatic nitrogens is 1. The first-order valence-corrected chi connectivity index (χ1v) is 13.0. The van der Waals surface area contributed by atoms with E-state index >= 15 is 0 Å². The fraction of sp³-hybridized carbons (Fsp3) is 0.182. The summed E-state index contributed by atoms with van der Waals surface area (Å²) < 4.78 is 2.30. The number of nitrogens with zero attached hydrogens (tertiary/aromatic N) is 5. The molecule has 2 aromatic carbocycles. The van der Waals surface area contributed by atoms with Gasteiger partial charge in [0.05, 0.1) is 40.8 Å². The van der Waals surface area contributed by atoms with E-state index in [4.69, 9.17) is 0 Å². The highest BCUT2D eigenvalue weighted by Gasteiger charge is 2.37. The number of anilines is 1. The Morgan fingerprint density at radius 1 is 0.842 bits per heavy atom. The molecule has 3 aromatic rings. The normalized spacial score (nSPS) is 20.1. The molecule has 0 spiro atoms. The molecule has 1 aromatic heterocycles. The molecule has 4 aliphatic rings. The average Bonchev–Trinajstić information content (AvgIpc) is 3.48. The molecule has 2 heterocycles. The maximum Gasteiger partial charge on any atom is 0.0991 e. The molecule has 0 saturated carbocycles. The van der Waals surface area contributed by atoms with E-state index in [-0.39, 0.29) is 6.04 Å². The Bertz CT molecular complexity index is 1880. The first-order chi connectivity index (χ1) is 18.7. The maximum absolute atomic E-state index is 9.57. The van der Waals surface area contributed by atoms with Crippen molar-refractivity contribution in [3.05, 3.63) is 106 Å². The smallest absolute Gasteiger partial charge is 0.0991 e. The number of benzene rings is 2. The van der Waals surface area contributed by atoms with Gasteiger partial charge >= 0.3 is 0 Å². The van der Waals surface area contributed by atoms with Crippen molar-refractivity contribution in [3.8, 4) is 18.2 Å². The highest BCUT2D eigenvalue weighted by Crippen LogP contribution is 2.46. The van der Waals surface area contributed by atoms with Crippen LogP contribution in [0.2, 0.25) is 0 Å². The number of rotatable bonds is 2. The molecule has 0 saturated heterocycles. The van der Waals surface area contributed by atoms with E-state index in [1.807, 2.05) is 30.4 Å². The van der Waals surface area contributed by atoms with Crippen LogP contribution in [0, 0.1) is 34.0 Å². The molecule has 0 bridgehead atoms. The Kier molecular flexibility index (Phi) is 4.97. The van der Waals surface area contributed by atoms with Crippen LogP contribution in [-0.2, 0) is 0 Å². The van der Waals surface area contributed by atoms with E-state index in [9.17, 15) is 15.8 Å². The van der Waals surface area contributed by atoms with Crippen molar-refractivity contribution >= 4 is 33.2 Å². The van der Waals surface area contributed by atoms with E-state index in [2.05, 4.69) is 70.2 Å². The first-order valence-electron chi connectivity index (χ1n) is 13.0. The standard InChI is InChI=1S/C33H23N5/c34-18-21-5-9-24(10-6-21)37-31-13-7-23(20-36)16-29(31)27-12-11-25(17-33(27)37)38-30-4-2-1-3-26(30)28-15-22(19-35)8-14-32(28)38/h2,4-5,7-9,11-13,15-17,32H,1,3,6,10,14H2. The number of hydrogen-bond acceptors (Lipinski definition) is 4. The van der Waals surface area contributed by atoms with Crippen LogP contribution in [0.25, 0.3) is 27.5 Å². The summed E-state index contributed by atoms with van der Waals surface area (Å²) in [5.74, 6) is 0. The minimum Gasteiger partial charge on any atom is -0.333 e. The fourth-order valence-electron chi connectivity index (χ4n) is 6.40. The molecule has 7 rings (SSSR count). The van der Waals surface area contributed by atoms with Gasteiger partial charge in [0.1, 0.15) is 0 Å². The summed E-state index contributed by atoms with van der Waals surface area (Å²) in [5.41, 5.74) is 10.5. The molecule has 0 radical (unpaired) electrons. The highest BCUT2D eigenvalue weighted by molar-refractivity contribution is 6.11. The van der Waals surface area contributed by atoms with Gasteiger partial charge < -0.3 is 9.47 Å². The van der Waals surface area contributed by atoms with E-state index in [1.54, 1.807) is 0 Å². The van der Waals surface area contributed by atoms with Crippen LogP contribution < -0.4 is 4.90 Å². The van der Waals surface area contributed by atoms with Gasteiger partial charge in [-0.05, 0) is 97.9 Å². The predicted octanol–water partition coefficient (Wildman–Crippen LogP) is 7.32. The fourth-order valence-corrected chi connectivity index (χ4v) is 6.40. The summed E-state index contributed by atoms with van der Waals surface area (Å²) in [7, 11) is 0. The van der Waals surface area contributed by atoms with Gasteiger partial charge in [0.25, 0.3) is 0 Å². The van der Waals surface area contributed by atoms with Crippen LogP contribution in [0.5, 0.6) is 0 Å². The number of fused-ring (bicyclic) bond motifs is 5. The number of nitriles is 3. The summed E-state index contributed by atoms with van der Waals surface area (Å²) in [4.78, 5) is 2.44. The summed E-state index contributed by atoms with van der Waals surface area (Å²) in [5, 5.41) is 30.6. The molecule has 180 valence electrons. The van der Waals surface area contributed by atoms with Crippen molar-refractivity contribution < 1.29 is 0 Å². The summed E-state index contributed by atoms with van der Waals surface area (Å²) in [6.07, 6.45) is 16.9. The van der Waals surface area contributed by atoms with Crippen molar-refractivity contribution in [3.63, 3.8) is 0 Å². The second kappa shape index (κ2) is 8.52. The summed E-state index contributed by atoms with van der Waals surface area (Å²) >= 11 is 0. The van der Waals surface area contributed by atoms with E-state index in [0.29, 0.717) is 5.56 Å². The lowest BCUT2D eigenvalue weighted by Gasteiger charge is -2.30. The van der Waals surface area contributed by atoms with Crippen molar-refractivity contribution in [1.82, 2.24) is 4.57 Å². The first kappa shape index (κ1) is 22.2. The van der Waals surface area contributed by atoms with Crippen LogP contribution >= 0.6 is 0 Å². The Morgan fingerprint density at radius 3 is 2.55 bits per heavy atom. The third-order valence-electron chi connectivity index (χ3n) is 8.14. The van der Waals surface area contributed by atoms with E-state index in [1.165, 1.54) is 16.8 Å². The number of hydrogen-bond donors (Lipinski definition) is 0. The topological polar surface area (TPSA) is 79.5 Å². The zero-order valence-corrected chi connectivity index (χ0v) is 20.8. The molecule has 5 nitrogen and oxygen atoms in total. The van der Waals surface area contributed by atoms with Crippen molar-refractivity contribution in [2.75, 3.05) is 4.90 Å². The molecule has 0 fully saturated rings. The molecule has 0 N–H and O–H groups in total. The van der Waals surface area contributed by atoms with Crippen LogP contribution in [0.15, 0.2) is 101 Å². The minimum atomic E-state index is 0.176. The van der Waals surface area contributed by atoms with Crippen molar-refractivity contribution in [2.45, 2.75) is 38.1 Å². The minimum absolute atomic E-state index is 0.176. The van der Waals surface area contributed by atoms with E-state index in [0.717, 1.165) is 76.4 Å². The lowest BCUT2D eigenvalue weighted by molar-refractivity contribution is 0.762. The highest BCUT2D eigenvalue weighted by atomic mass is 15.2. The lowest BCUT2D eigenvalue weighted by Crippen LogP contribution is -2.31. The molecular weight excluding hydrogens is 466 g/mol. The van der Waals surface area contributed by atoms with Crippen LogP contribution in [0.4, 0.5) is 5.69 Å². The predicted molar refractivity (Wildman–Crippen MR) is 149 cm³/mol. The molecule has 1 unspecified atom stereocenters. The lowest BCUT2D eigenvalue weighted by atomic mass is 9.89. The van der Waals surface area contributed by atoms with Gasteiger partial charge in [0.2, 0.25) is 0 Å². The Labute approximate surface area is 221 Å². The van der Waals surface area contributed by atoms with Crippen molar-refractivity contribution in [1.29, 1.82) is 15.8 Å². The zero-order chi connectivity index (χ0) is 25.8. The molecule has 5 heteroatoms. The average molecular weight is 490 g/mol. The molecule has 1 atom stereocenters. The Morgan fingerprint density at radius 2 is 1.76 bits per heavy atom. The van der Waals surface area contributed by atoms with Gasteiger partial charge in [0, 0.05) is 39.0 Å². The molecular formula is C33H23N5. The zero-order valence-electron chi connectivity index (χ0n) is 20.8. The molecule has 3 aliphatic carbocycles. The van der Waals surface area contributed by atoms with Gasteiger partial charge in [-0.3, -0.25) is 0 Å². The largest absolute Gasteiger partial charge is 0.333 e. The van der Waals surface area contributed by atoms with E-state index < -0.39 is 0 Å². The van der Waals surface area contributed by atoms with Crippen molar-refractivity contribution in [2.24, 2.45) is 0 Å². The van der Waals surface area contributed by atoms with Gasteiger partial charge in [-0.15, -0.1) is 0 Å². The second-order valence-electron chi connectivity index (χ2n) is 10.1. The van der Waals surface area contributed by atoms with Crippen LogP contribution in [-0.4, -0.2) is 10.6 Å². The Balaban J connectivity index is 1.45. The third-order valence-corrected chi connectivity index (χ3v) is 8.14. The summed E-state index contributed by atoms with van der Waals surface area (Å²) in [6, 6.07) is 19.6. The SMILES string of the molecule is N#CC1=CCC2C(=C1)C1=C(C=CCC1)N2c1ccc2c3cc(C#N)ccc3n(C3=CC=C(C#N)CC3)c2c1. The summed E-state index contributed by atoms with van der Waals surface area (Å²) in [6.45, 7) is 0. The van der Waals surface area contributed by atoms with Gasteiger partial charge in [-0.2, -0.15) is 15.8 Å². The monoisotopic (exact) mass is 489 g/mol. The van der Waals surface area contributed by atoms with Crippen LogP contribution in [0.3, 0.4) is 0 Å². The Hall–Kier alpha value is -5.05. The second-order valence-corrected chi connectivity index (χ2v) is 10.1. The van der Waals surface area contributed by atoms with Gasteiger partial charge in [-0.25, -0.2) is 0 Å². The molecule has 1 aliphatic heterocycles. The molecule has 0 amide bonds. The van der Waals surface area contributed by atoms with Crippen LogP contribution in [0.1, 0.15) is 37.7 Å². The van der Waals surface area contributed by atoms with Gasteiger partial charge in [0.15, 0.2) is 0 Å². The molecule has 38 heavy (non-hydrogen) atoms. The third kappa shape index (κ3) is 3.21. The number of allylic oxidation sites excluding steroid dienone is 8. The van der Waals surface area contributed by atoms with Gasteiger partial charge in [-0.1, -0.05) is 18.2 Å². The quantitative estimate of drug-likeness (QED) is 0.378. The maximum atomic E-state index is 9.57.